The van der Waals surface area contributed by atoms with Crippen LogP contribution in [0.2, 0.25) is 5.02 Å². The molecule has 3 rings (SSSR count). The fourth-order valence-corrected chi connectivity index (χ4v) is 2.85. The molecule has 5 nitrogen and oxygen atoms in total. The van der Waals surface area contributed by atoms with Crippen molar-refractivity contribution in [1.29, 1.82) is 0 Å². The van der Waals surface area contributed by atoms with E-state index in [1.807, 2.05) is 68.4 Å². The number of hydrogen-bond donors (Lipinski definition) is 1. The summed E-state index contributed by atoms with van der Waals surface area (Å²) in [7, 11) is 0. The third-order valence-corrected chi connectivity index (χ3v) is 4.91. The van der Waals surface area contributed by atoms with Crippen molar-refractivity contribution in [3.8, 4) is 11.5 Å². The van der Waals surface area contributed by atoms with Crippen LogP contribution in [-0.2, 0) is 11.4 Å². The zero-order valence-electron chi connectivity index (χ0n) is 16.9. The molecule has 1 amide bonds. The normalized spacial score (nSPS) is 10.8. The maximum Gasteiger partial charge on any atom is 0.277 e. The summed E-state index contributed by atoms with van der Waals surface area (Å²) in [6.45, 7) is 4.16. The second-order valence-corrected chi connectivity index (χ2v) is 7.17. The molecule has 3 aromatic rings. The van der Waals surface area contributed by atoms with Crippen LogP contribution in [0.4, 0.5) is 0 Å². The maximum atomic E-state index is 11.9. The molecular formula is C24H23ClN2O3. The Hall–Kier alpha value is -3.31. The quantitative estimate of drug-likeness (QED) is 0.407. The number of halogens is 1. The van der Waals surface area contributed by atoms with Crippen LogP contribution < -0.4 is 14.9 Å². The van der Waals surface area contributed by atoms with Gasteiger partial charge in [-0.05, 0) is 72.5 Å². The molecule has 6 heteroatoms. The van der Waals surface area contributed by atoms with Crippen LogP contribution in [0.5, 0.6) is 11.5 Å². The van der Waals surface area contributed by atoms with Gasteiger partial charge in [-0.1, -0.05) is 41.9 Å². The molecule has 0 saturated heterocycles. The monoisotopic (exact) mass is 422 g/mol. The number of amides is 1. The number of carbonyl (C=O) groups excluding carboxylic acids is 1. The molecule has 1 N–H and O–H groups in total. The van der Waals surface area contributed by atoms with E-state index in [-0.39, 0.29) is 12.5 Å². The van der Waals surface area contributed by atoms with E-state index in [1.54, 1.807) is 18.3 Å². The van der Waals surface area contributed by atoms with Gasteiger partial charge in [0.15, 0.2) is 6.61 Å². The highest BCUT2D eigenvalue weighted by Gasteiger charge is 2.06. The summed E-state index contributed by atoms with van der Waals surface area (Å²) in [4.78, 5) is 11.9. The summed E-state index contributed by atoms with van der Waals surface area (Å²) in [5.74, 6) is 1.01. The van der Waals surface area contributed by atoms with Gasteiger partial charge in [0, 0.05) is 5.02 Å². The zero-order chi connectivity index (χ0) is 21.3. The lowest BCUT2D eigenvalue weighted by Gasteiger charge is -2.09. The van der Waals surface area contributed by atoms with Crippen LogP contribution in [0.25, 0.3) is 0 Å². The Bertz CT molecular complexity index is 995. The molecule has 0 saturated carbocycles. The van der Waals surface area contributed by atoms with Crippen molar-refractivity contribution in [2.24, 2.45) is 5.10 Å². The van der Waals surface area contributed by atoms with Crippen molar-refractivity contribution >= 4 is 23.7 Å². The molecule has 0 radical (unpaired) electrons. The van der Waals surface area contributed by atoms with Gasteiger partial charge in [-0.2, -0.15) is 5.10 Å². The standard InChI is InChI=1S/C24H23ClN2O3/c1-17-12-22(13-18(2)24(17)25)30-16-23(28)27-26-14-19-8-10-21(11-9-19)29-15-20-6-4-3-5-7-20/h3-14H,15-16H2,1-2H3,(H,27,28). The van der Waals surface area contributed by atoms with Crippen molar-refractivity contribution in [1.82, 2.24) is 5.43 Å². The van der Waals surface area contributed by atoms with Gasteiger partial charge < -0.3 is 9.47 Å². The lowest BCUT2D eigenvalue weighted by atomic mass is 10.1. The van der Waals surface area contributed by atoms with Crippen molar-refractivity contribution in [2.45, 2.75) is 20.5 Å². The number of ether oxygens (including phenoxy) is 2. The van der Waals surface area contributed by atoms with Crippen LogP contribution >= 0.6 is 11.6 Å². The number of nitrogens with zero attached hydrogens (tertiary/aromatic N) is 1. The molecule has 0 aromatic heterocycles. The van der Waals surface area contributed by atoms with E-state index in [2.05, 4.69) is 10.5 Å². The van der Waals surface area contributed by atoms with E-state index in [0.29, 0.717) is 17.4 Å². The topological polar surface area (TPSA) is 59.9 Å². The molecule has 30 heavy (non-hydrogen) atoms. The summed E-state index contributed by atoms with van der Waals surface area (Å²) < 4.78 is 11.3. The molecule has 0 aliphatic rings. The minimum Gasteiger partial charge on any atom is -0.489 e. The van der Waals surface area contributed by atoms with Gasteiger partial charge in [0.25, 0.3) is 5.91 Å². The van der Waals surface area contributed by atoms with E-state index >= 15 is 0 Å². The Kier molecular flexibility index (Phi) is 7.46. The number of aryl methyl sites for hydroxylation is 2. The van der Waals surface area contributed by atoms with Gasteiger partial charge >= 0.3 is 0 Å². The first kappa shape index (κ1) is 21.4. The average molecular weight is 423 g/mol. The number of benzene rings is 3. The average Bonchev–Trinajstić information content (AvgIpc) is 2.76. The molecule has 3 aromatic carbocycles. The summed E-state index contributed by atoms with van der Waals surface area (Å²) in [5, 5.41) is 4.66. The Morgan fingerprint density at radius 3 is 2.30 bits per heavy atom. The van der Waals surface area contributed by atoms with Crippen molar-refractivity contribution < 1.29 is 14.3 Å². The molecule has 0 fully saturated rings. The van der Waals surface area contributed by atoms with Crippen LogP contribution in [0, 0.1) is 13.8 Å². The fraction of sp³-hybridized carbons (Fsp3) is 0.167. The highest BCUT2D eigenvalue weighted by molar-refractivity contribution is 6.32. The van der Waals surface area contributed by atoms with E-state index in [4.69, 9.17) is 21.1 Å². The zero-order valence-corrected chi connectivity index (χ0v) is 17.6. The van der Waals surface area contributed by atoms with Crippen LogP contribution in [0.1, 0.15) is 22.3 Å². The smallest absolute Gasteiger partial charge is 0.277 e. The molecule has 0 aliphatic heterocycles. The van der Waals surface area contributed by atoms with Gasteiger partial charge in [0.05, 0.1) is 6.21 Å². The van der Waals surface area contributed by atoms with Gasteiger partial charge in [-0.3, -0.25) is 4.79 Å². The van der Waals surface area contributed by atoms with Gasteiger partial charge in [0.2, 0.25) is 0 Å². The lowest BCUT2D eigenvalue weighted by Crippen LogP contribution is -2.24. The number of hydrazone groups is 1. The van der Waals surface area contributed by atoms with Gasteiger partial charge in [-0.25, -0.2) is 5.43 Å². The second kappa shape index (κ2) is 10.5. The molecule has 0 aliphatic carbocycles. The summed E-state index contributed by atoms with van der Waals surface area (Å²) in [6, 6.07) is 21.0. The predicted octanol–water partition coefficient (Wildman–Crippen LogP) is 5.06. The molecule has 0 unspecified atom stereocenters. The second-order valence-electron chi connectivity index (χ2n) is 6.80. The van der Waals surface area contributed by atoms with E-state index in [1.165, 1.54) is 0 Å². The number of rotatable bonds is 8. The lowest BCUT2D eigenvalue weighted by molar-refractivity contribution is -0.123. The van der Waals surface area contributed by atoms with E-state index in [0.717, 1.165) is 28.0 Å². The van der Waals surface area contributed by atoms with E-state index < -0.39 is 0 Å². The maximum absolute atomic E-state index is 11.9. The summed E-state index contributed by atoms with van der Waals surface area (Å²) in [6.07, 6.45) is 1.56. The Morgan fingerprint density at radius 2 is 1.63 bits per heavy atom. The first-order chi connectivity index (χ1) is 14.5. The molecular weight excluding hydrogens is 400 g/mol. The largest absolute Gasteiger partial charge is 0.489 e. The highest BCUT2D eigenvalue weighted by atomic mass is 35.5. The molecule has 154 valence electrons. The summed E-state index contributed by atoms with van der Waals surface area (Å²) >= 11 is 6.13. The Labute approximate surface area is 181 Å². The first-order valence-electron chi connectivity index (χ1n) is 9.49. The van der Waals surface area contributed by atoms with Crippen molar-refractivity contribution in [3.63, 3.8) is 0 Å². The molecule has 0 bridgehead atoms. The van der Waals surface area contributed by atoms with Crippen molar-refractivity contribution in [2.75, 3.05) is 6.61 Å². The summed E-state index contributed by atoms with van der Waals surface area (Å²) in [5.41, 5.74) is 6.21. The third kappa shape index (κ3) is 6.36. The molecule has 0 heterocycles. The Morgan fingerprint density at radius 1 is 0.967 bits per heavy atom. The number of carbonyl (C=O) groups is 1. The molecule has 0 spiro atoms. The fourth-order valence-electron chi connectivity index (χ4n) is 2.74. The minimum absolute atomic E-state index is 0.135. The Balaban J connectivity index is 1.43. The van der Waals surface area contributed by atoms with Gasteiger partial charge in [-0.15, -0.1) is 0 Å². The van der Waals surface area contributed by atoms with Crippen LogP contribution in [0.15, 0.2) is 71.8 Å². The van der Waals surface area contributed by atoms with Crippen LogP contribution in [0.3, 0.4) is 0 Å². The third-order valence-electron chi connectivity index (χ3n) is 4.31. The van der Waals surface area contributed by atoms with E-state index in [9.17, 15) is 4.79 Å². The first-order valence-corrected chi connectivity index (χ1v) is 9.87. The van der Waals surface area contributed by atoms with Crippen molar-refractivity contribution in [3.05, 3.63) is 94.0 Å². The number of nitrogens with one attached hydrogen (secondary N) is 1. The minimum atomic E-state index is -0.348. The van der Waals surface area contributed by atoms with Gasteiger partial charge in [0.1, 0.15) is 18.1 Å². The molecule has 0 atom stereocenters. The SMILES string of the molecule is Cc1cc(OCC(=O)NN=Cc2ccc(OCc3ccccc3)cc2)cc(C)c1Cl. The number of hydrogen-bond acceptors (Lipinski definition) is 4. The highest BCUT2D eigenvalue weighted by Crippen LogP contribution is 2.25. The predicted molar refractivity (Wildman–Crippen MR) is 119 cm³/mol. The van der Waals surface area contributed by atoms with Crippen LogP contribution in [-0.4, -0.2) is 18.7 Å².